The Bertz CT molecular complexity index is 448. The first kappa shape index (κ1) is 12.6. The summed E-state index contributed by atoms with van der Waals surface area (Å²) in [6.07, 6.45) is 2.09. The van der Waals surface area contributed by atoms with Crippen molar-refractivity contribution in [3.63, 3.8) is 0 Å². The molecule has 2 aliphatic rings. The number of carbonyl (C=O) groups is 1. The summed E-state index contributed by atoms with van der Waals surface area (Å²) >= 11 is 0. The Labute approximate surface area is 114 Å². The minimum Gasteiger partial charge on any atom is -0.354 e. The highest BCUT2D eigenvalue weighted by atomic mass is 16.2. The molecule has 1 amide bonds. The van der Waals surface area contributed by atoms with Crippen LogP contribution in [0.3, 0.4) is 0 Å². The molecule has 3 N–H and O–H groups in total. The van der Waals surface area contributed by atoms with Crippen LogP contribution in [0.25, 0.3) is 0 Å². The van der Waals surface area contributed by atoms with Gasteiger partial charge in [0.25, 0.3) is 0 Å². The van der Waals surface area contributed by atoms with Gasteiger partial charge in [-0.1, -0.05) is 30.3 Å². The number of nitrogens with zero attached hydrogens (tertiary/aromatic N) is 1. The molecule has 0 bridgehead atoms. The first-order valence-electron chi connectivity index (χ1n) is 7.09. The first-order valence-corrected chi connectivity index (χ1v) is 7.09. The number of hydrogen-bond acceptors (Lipinski definition) is 3. The number of nitrogens with one attached hydrogen (secondary N) is 1. The lowest BCUT2D eigenvalue weighted by molar-refractivity contribution is -0.124. The highest BCUT2D eigenvalue weighted by molar-refractivity contribution is 5.82. The lowest BCUT2D eigenvalue weighted by Crippen LogP contribution is -2.49. The van der Waals surface area contributed by atoms with Gasteiger partial charge < -0.3 is 11.1 Å². The number of fused-ring (bicyclic) bond motifs is 1. The van der Waals surface area contributed by atoms with Gasteiger partial charge in [0.15, 0.2) is 0 Å². The molecule has 3 rings (SSSR count). The van der Waals surface area contributed by atoms with E-state index in [0.29, 0.717) is 12.6 Å². The predicted octanol–water partition coefficient (Wildman–Crippen LogP) is 0.897. The average molecular weight is 259 g/mol. The number of likely N-dealkylation sites (tertiary alicyclic amines) is 1. The number of hydrogen-bond donors (Lipinski definition) is 2. The highest BCUT2D eigenvalue weighted by Gasteiger charge is 2.42. The molecule has 0 aromatic heterocycles. The van der Waals surface area contributed by atoms with E-state index in [9.17, 15) is 4.79 Å². The van der Waals surface area contributed by atoms with Crippen LogP contribution in [-0.4, -0.2) is 36.5 Å². The van der Waals surface area contributed by atoms with E-state index in [-0.39, 0.29) is 17.9 Å². The van der Waals surface area contributed by atoms with Gasteiger partial charge in [0.1, 0.15) is 0 Å². The van der Waals surface area contributed by atoms with E-state index in [0.717, 1.165) is 25.9 Å². The lowest BCUT2D eigenvalue weighted by atomic mass is 9.89. The smallest absolute Gasteiger partial charge is 0.224 e. The SMILES string of the molecule is NCC(c1ccccc1)N1CCCC2C(=O)NCC21. The van der Waals surface area contributed by atoms with Crippen molar-refractivity contribution in [1.82, 2.24) is 10.2 Å². The molecule has 2 fully saturated rings. The van der Waals surface area contributed by atoms with Gasteiger partial charge in [-0.15, -0.1) is 0 Å². The molecule has 0 radical (unpaired) electrons. The molecule has 102 valence electrons. The normalized spacial score (nSPS) is 28.8. The maximum absolute atomic E-state index is 11.8. The largest absolute Gasteiger partial charge is 0.354 e. The van der Waals surface area contributed by atoms with Crippen molar-refractivity contribution < 1.29 is 4.79 Å². The van der Waals surface area contributed by atoms with Crippen molar-refractivity contribution >= 4 is 5.91 Å². The molecular formula is C15H21N3O. The Morgan fingerprint density at radius 3 is 2.89 bits per heavy atom. The maximum atomic E-state index is 11.8. The molecule has 19 heavy (non-hydrogen) atoms. The molecule has 1 aromatic rings. The van der Waals surface area contributed by atoms with Crippen molar-refractivity contribution in [2.45, 2.75) is 24.9 Å². The van der Waals surface area contributed by atoms with E-state index >= 15 is 0 Å². The summed E-state index contributed by atoms with van der Waals surface area (Å²) in [4.78, 5) is 14.3. The molecule has 3 unspecified atom stereocenters. The summed E-state index contributed by atoms with van der Waals surface area (Å²) in [6, 6.07) is 10.9. The highest BCUT2D eigenvalue weighted by Crippen LogP contribution is 2.33. The predicted molar refractivity (Wildman–Crippen MR) is 74.5 cm³/mol. The van der Waals surface area contributed by atoms with Gasteiger partial charge in [0, 0.05) is 25.2 Å². The Hall–Kier alpha value is -1.39. The van der Waals surface area contributed by atoms with Crippen LogP contribution in [0.2, 0.25) is 0 Å². The van der Waals surface area contributed by atoms with Crippen LogP contribution < -0.4 is 11.1 Å². The van der Waals surface area contributed by atoms with Crippen molar-refractivity contribution in [1.29, 1.82) is 0 Å². The van der Waals surface area contributed by atoms with Gasteiger partial charge in [0.05, 0.1) is 5.92 Å². The zero-order chi connectivity index (χ0) is 13.2. The fourth-order valence-corrected chi connectivity index (χ4v) is 3.51. The minimum atomic E-state index is 0.159. The monoisotopic (exact) mass is 259 g/mol. The number of carbonyl (C=O) groups excluding carboxylic acids is 1. The summed E-state index contributed by atoms with van der Waals surface area (Å²) in [5.74, 6) is 0.380. The summed E-state index contributed by atoms with van der Waals surface area (Å²) in [6.45, 7) is 2.40. The Balaban J connectivity index is 1.85. The maximum Gasteiger partial charge on any atom is 0.224 e. The Kier molecular flexibility index (Phi) is 3.53. The van der Waals surface area contributed by atoms with E-state index in [2.05, 4.69) is 34.5 Å². The minimum absolute atomic E-state index is 0.159. The lowest BCUT2D eigenvalue weighted by Gasteiger charge is -2.41. The van der Waals surface area contributed by atoms with Gasteiger partial charge >= 0.3 is 0 Å². The molecule has 2 saturated heterocycles. The zero-order valence-corrected chi connectivity index (χ0v) is 11.1. The molecule has 1 aromatic carbocycles. The van der Waals surface area contributed by atoms with Crippen molar-refractivity contribution in [2.24, 2.45) is 11.7 Å². The standard InChI is InChI=1S/C15H21N3O/c16-9-13(11-5-2-1-3-6-11)18-8-4-7-12-14(18)10-17-15(12)19/h1-3,5-6,12-14H,4,7-10,16H2,(H,17,19). The van der Waals surface area contributed by atoms with Crippen LogP contribution >= 0.6 is 0 Å². The van der Waals surface area contributed by atoms with Crippen molar-refractivity contribution in [3.8, 4) is 0 Å². The van der Waals surface area contributed by atoms with Gasteiger partial charge in [-0.05, 0) is 24.9 Å². The third kappa shape index (κ3) is 2.26. The number of piperidine rings is 1. The van der Waals surface area contributed by atoms with Crippen molar-refractivity contribution in [3.05, 3.63) is 35.9 Å². The first-order chi connectivity index (χ1) is 9.31. The van der Waals surface area contributed by atoms with Crippen LogP contribution in [0.15, 0.2) is 30.3 Å². The molecular weight excluding hydrogens is 238 g/mol. The summed E-state index contributed by atoms with van der Waals surface area (Å²) in [7, 11) is 0. The quantitative estimate of drug-likeness (QED) is 0.848. The second-order valence-corrected chi connectivity index (χ2v) is 5.46. The van der Waals surface area contributed by atoms with E-state index in [4.69, 9.17) is 5.73 Å². The van der Waals surface area contributed by atoms with Crippen LogP contribution in [0.4, 0.5) is 0 Å². The Morgan fingerprint density at radius 2 is 2.16 bits per heavy atom. The van der Waals surface area contributed by atoms with E-state index in [1.54, 1.807) is 0 Å². The molecule has 0 saturated carbocycles. The van der Waals surface area contributed by atoms with Crippen LogP contribution in [0, 0.1) is 5.92 Å². The third-order valence-electron chi connectivity index (χ3n) is 4.45. The average Bonchev–Trinajstić information content (AvgIpc) is 2.84. The third-order valence-corrected chi connectivity index (χ3v) is 4.45. The molecule has 2 aliphatic heterocycles. The number of amides is 1. The number of nitrogens with two attached hydrogens (primary N) is 1. The van der Waals surface area contributed by atoms with Crippen LogP contribution in [0.1, 0.15) is 24.4 Å². The van der Waals surface area contributed by atoms with Crippen LogP contribution in [0.5, 0.6) is 0 Å². The zero-order valence-electron chi connectivity index (χ0n) is 11.1. The molecule has 2 heterocycles. The van der Waals surface area contributed by atoms with Crippen molar-refractivity contribution in [2.75, 3.05) is 19.6 Å². The molecule has 4 nitrogen and oxygen atoms in total. The second kappa shape index (κ2) is 5.31. The fraction of sp³-hybridized carbons (Fsp3) is 0.533. The van der Waals surface area contributed by atoms with Gasteiger partial charge in [0.2, 0.25) is 5.91 Å². The number of benzene rings is 1. The summed E-state index contributed by atoms with van der Waals surface area (Å²) in [5, 5.41) is 3.00. The van der Waals surface area contributed by atoms with E-state index in [1.807, 2.05) is 6.07 Å². The molecule has 0 aliphatic carbocycles. The Morgan fingerprint density at radius 1 is 1.37 bits per heavy atom. The molecule has 3 atom stereocenters. The molecule has 0 spiro atoms. The van der Waals surface area contributed by atoms with Gasteiger partial charge in [-0.2, -0.15) is 0 Å². The van der Waals surface area contributed by atoms with Gasteiger partial charge in [-0.3, -0.25) is 9.69 Å². The topological polar surface area (TPSA) is 58.4 Å². The van der Waals surface area contributed by atoms with E-state index in [1.165, 1.54) is 5.56 Å². The number of rotatable bonds is 3. The van der Waals surface area contributed by atoms with E-state index < -0.39 is 0 Å². The molecule has 4 heteroatoms. The fourth-order valence-electron chi connectivity index (χ4n) is 3.51. The second-order valence-electron chi connectivity index (χ2n) is 5.46. The van der Waals surface area contributed by atoms with Gasteiger partial charge in [-0.25, -0.2) is 0 Å². The van der Waals surface area contributed by atoms with Crippen LogP contribution in [-0.2, 0) is 4.79 Å². The summed E-state index contributed by atoms with van der Waals surface area (Å²) < 4.78 is 0. The summed E-state index contributed by atoms with van der Waals surface area (Å²) in [5.41, 5.74) is 7.26.